The van der Waals surface area contributed by atoms with E-state index in [1.807, 2.05) is 0 Å². The van der Waals surface area contributed by atoms with Gasteiger partial charge in [0.15, 0.2) is 5.11 Å². The van der Waals surface area contributed by atoms with Crippen LogP contribution in [0.5, 0.6) is 0 Å². The van der Waals surface area contributed by atoms with E-state index in [-0.39, 0.29) is 0 Å². The van der Waals surface area contributed by atoms with E-state index >= 15 is 0 Å². The maximum Gasteiger partial charge on any atom is 0.339 e. The molecule has 0 heterocycles. The number of hydrogen-bond donors (Lipinski definition) is 2. The molecule has 0 aliphatic heterocycles. The van der Waals surface area contributed by atoms with Gasteiger partial charge in [0.05, 0.1) is 17.2 Å². The van der Waals surface area contributed by atoms with Gasteiger partial charge in [-0.1, -0.05) is 18.0 Å². The maximum atomic E-state index is 11.7. The fourth-order valence-corrected chi connectivity index (χ4v) is 4.25. The molecule has 0 unspecified atom stereocenters. The molecule has 2 aliphatic carbocycles. The summed E-state index contributed by atoms with van der Waals surface area (Å²) in [6, 6.07) is 5.63. The Morgan fingerprint density at radius 2 is 2.22 bits per heavy atom. The van der Waals surface area contributed by atoms with E-state index in [4.69, 9.17) is 28.6 Å². The number of anilines is 1. The van der Waals surface area contributed by atoms with Crippen LogP contribution in [0.3, 0.4) is 0 Å². The zero-order valence-corrected chi connectivity index (χ0v) is 14.7. The molecule has 23 heavy (non-hydrogen) atoms. The van der Waals surface area contributed by atoms with Gasteiger partial charge in [0.1, 0.15) is 0 Å². The predicted octanol–water partition coefficient (Wildman–Crippen LogP) is 3.99. The van der Waals surface area contributed by atoms with E-state index in [9.17, 15) is 4.79 Å². The molecule has 2 saturated carbocycles. The smallest absolute Gasteiger partial charge is 0.339 e. The second-order valence-electron chi connectivity index (χ2n) is 6.29. The summed E-state index contributed by atoms with van der Waals surface area (Å²) in [6.45, 7) is 2.09. The summed E-state index contributed by atoms with van der Waals surface area (Å²) in [7, 11) is 0. The molecule has 0 aromatic heterocycles. The normalized spacial score (nSPS) is 25.2. The zero-order valence-electron chi connectivity index (χ0n) is 13.1. The van der Waals surface area contributed by atoms with Crippen molar-refractivity contribution in [2.24, 2.45) is 11.8 Å². The van der Waals surface area contributed by atoms with Crippen LogP contribution in [-0.2, 0) is 4.74 Å². The van der Waals surface area contributed by atoms with E-state index < -0.39 is 5.97 Å². The number of fused-ring (bicyclic) bond motifs is 2. The molecule has 1 aromatic rings. The summed E-state index contributed by atoms with van der Waals surface area (Å²) in [4.78, 5) is 11.7. The molecule has 2 N–H and O–H groups in total. The molecule has 2 bridgehead atoms. The second-order valence-corrected chi connectivity index (χ2v) is 7.11. The maximum absolute atomic E-state index is 11.7. The van der Waals surface area contributed by atoms with Gasteiger partial charge < -0.3 is 15.4 Å². The lowest BCUT2D eigenvalue weighted by molar-refractivity contribution is 0.0526. The van der Waals surface area contributed by atoms with Gasteiger partial charge in [-0.25, -0.2) is 4.79 Å². The lowest BCUT2D eigenvalue weighted by Gasteiger charge is -2.24. The Labute approximate surface area is 146 Å². The second kappa shape index (κ2) is 7.05. The van der Waals surface area contributed by atoms with E-state index in [1.165, 1.54) is 25.7 Å². The Bertz CT molecular complexity index is 623. The number of nitrogens with one attached hydrogen (secondary N) is 2. The number of halogens is 1. The molecule has 2 aliphatic rings. The molecule has 3 rings (SSSR count). The van der Waals surface area contributed by atoms with Gasteiger partial charge in [0, 0.05) is 11.7 Å². The largest absolute Gasteiger partial charge is 0.462 e. The first-order chi connectivity index (χ1) is 11.1. The molecule has 6 heteroatoms. The van der Waals surface area contributed by atoms with E-state index in [0.29, 0.717) is 28.3 Å². The number of benzene rings is 1. The number of hydrogen-bond acceptors (Lipinski definition) is 3. The van der Waals surface area contributed by atoms with Crippen molar-refractivity contribution >= 4 is 40.6 Å². The molecule has 4 nitrogen and oxygen atoms in total. The molecular weight excluding hydrogens is 332 g/mol. The average Bonchev–Trinajstić information content (AvgIpc) is 3.10. The first kappa shape index (κ1) is 16.5. The molecule has 0 spiro atoms. The molecule has 0 radical (unpaired) electrons. The first-order valence-corrected chi connectivity index (χ1v) is 8.89. The van der Waals surface area contributed by atoms with Gasteiger partial charge in [-0.05, 0) is 68.4 Å². The third-order valence-corrected chi connectivity index (χ3v) is 5.31. The number of carbonyl (C=O) groups excluding carboxylic acids is 1. The number of thiocarbonyl (C=S) groups is 1. The van der Waals surface area contributed by atoms with Gasteiger partial charge in [0.2, 0.25) is 0 Å². The molecule has 2 fully saturated rings. The molecule has 1 aromatic carbocycles. The van der Waals surface area contributed by atoms with Crippen molar-refractivity contribution in [1.29, 1.82) is 0 Å². The Kier molecular flexibility index (Phi) is 5.07. The molecule has 0 saturated heterocycles. The minimum absolute atomic E-state index is 0.326. The average molecular weight is 353 g/mol. The van der Waals surface area contributed by atoms with Crippen LogP contribution in [0.15, 0.2) is 18.2 Å². The van der Waals surface area contributed by atoms with Gasteiger partial charge in [-0.15, -0.1) is 0 Å². The third kappa shape index (κ3) is 3.78. The van der Waals surface area contributed by atoms with Crippen LogP contribution in [0.2, 0.25) is 5.02 Å². The van der Waals surface area contributed by atoms with Crippen LogP contribution < -0.4 is 10.6 Å². The molecular formula is C17H21ClN2O2S. The van der Waals surface area contributed by atoms with Crippen LogP contribution in [0.4, 0.5) is 5.69 Å². The van der Waals surface area contributed by atoms with Crippen molar-refractivity contribution in [3.05, 3.63) is 28.8 Å². The fraction of sp³-hybridized carbons (Fsp3) is 0.529. The van der Waals surface area contributed by atoms with Crippen LogP contribution in [0.25, 0.3) is 0 Å². The van der Waals surface area contributed by atoms with E-state index in [0.717, 1.165) is 17.5 Å². The fourth-order valence-electron chi connectivity index (χ4n) is 3.72. The van der Waals surface area contributed by atoms with Crippen LogP contribution in [0.1, 0.15) is 43.0 Å². The molecule has 3 atom stereocenters. The van der Waals surface area contributed by atoms with Crippen molar-refractivity contribution < 1.29 is 9.53 Å². The summed E-state index contributed by atoms with van der Waals surface area (Å²) < 4.78 is 4.96. The van der Waals surface area contributed by atoms with Gasteiger partial charge in [-0.3, -0.25) is 0 Å². The lowest BCUT2D eigenvalue weighted by atomic mass is 9.96. The number of carbonyl (C=O) groups is 1. The Hall–Kier alpha value is -1.33. The monoisotopic (exact) mass is 352 g/mol. The predicted molar refractivity (Wildman–Crippen MR) is 96.0 cm³/mol. The van der Waals surface area contributed by atoms with Gasteiger partial charge >= 0.3 is 5.97 Å². The summed E-state index contributed by atoms with van der Waals surface area (Å²) in [6.07, 6.45) is 5.23. The minimum Gasteiger partial charge on any atom is -0.462 e. The van der Waals surface area contributed by atoms with Crippen molar-refractivity contribution in [2.75, 3.05) is 11.9 Å². The summed E-state index contributed by atoms with van der Waals surface area (Å²) >= 11 is 11.6. The highest BCUT2D eigenvalue weighted by Crippen LogP contribution is 2.44. The third-order valence-electron chi connectivity index (χ3n) is 4.78. The van der Waals surface area contributed by atoms with Crippen molar-refractivity contribution in [2.45, 2.75) is 38.6 Å². The standard InChI is InChI=1S/C17H21ClN2O2S/c1-2-22-16(21)13-6-5-12(9-14(13)18)19-17(23)20-15-8-10-3-4-11(15)7-10/h5-6,9-11,15H,2-4,7-8H2,1H3,(H2,19,20,23)/t10-,11+,15+/m0/s1. The van der Waals surface area contributed by atoms with Crippen molar-refractivity contribution in [3.8, 4) is 0 Å². The SMILES string of the molecule is CCOC(=O)c1ccc(NC(=S)N[C@@H]2C[C@H]3CC[C@@H]2C3)cc1Cl. The topological polar surface area (TPSA) is 50.4 Å². The highest BCUT2D eigenvalue weighted by Gasteiger charge is 2.39. The molecule has 124 valence electrons. The van der Waals surface area contributed by atoms with Gasteiger partial charge in [0.25, 0.3) is 0 Å². The van der Waals surface area contributed by atoms with Crippen LogP contribution >= 0.6 is 23.8 Å². The van der Waals surface area contributed by atoms with Crippen molar-refractivity contribution in [3.63, 3.8) is 0 Å². The van der Waals surface area contributed by atoms with Crippen molar-refractivity contribution in [1.82, 2.24) is 5.32 Å². The number of rotatable bonds is 4. The Morgan fingerprint density at radius 3 is 2.83 bits per heavy atom. The first-order valence-electron chi connectivity index (χ1n) is 8.11. The summed E-state index contributed by atoms with van der Waals surface area (Å²) in [5.74, 6) is 1.22. The summed E-state index contributed by atoms with van der Waals surface area (Å²) in [5, 5.41) is 7.54. The van der Waals surface area contributed by atoms with Crippen LogP contribution in [-0.4, -0.2) is 23.7 Å². The number of esters is 1. The van der Waals surface area contributed by atoms with Crippen LogP contribution in [0, 0.1) is 11.8 Å². The highest BCUT2D eigenvalue weighted by atomic mass is 35.5. The quantitative estimate of drug-likeness (QED) is 0.633. The highest BCUT2D eigenvalue weighted by molar-refractivity contribution is 7.80. The van der Waals surface area contributed by atoms with E-state index in [2.05, 4.69) is 10.6 Å². The van der Waals surface area contributed by atoms with Gasteiger partial charge in [-0.2, -0.15) is 0 Å². The number of ether oxygens (including phenoxy) is 1. The lowest BCUT2D eigenvalue weighted by Crippen LogP contribution is -2.40. The Balaban J connectivity index is 1.58. The van der Waals surface area contributed by atoms with E-state index in [1.54, 1.807) is 25.1 Å². The molecule has 0 amide bonds. The minimum atomic E-state index is -0.410. The Morgan fingerprint density at radius 1 is 1.39 bits per heavy atom. The zero-order chi connectivity index (χ0) is 16.4. The summed E-state index contributed by atoms with van der Waals surface area (Å²) in [5.41, 5.74) is 1.13.